The van der Waals surface area contributed by atoms with E-state index < -0.39 is 0 Å². The second kappa shape index (κ2) is 3.98. The van der Waals surface area contributed by atoms with Gasteiger partial charge in [0.05, 0.1) is 0 Å². The molecule has 0 saturated carbocycles. The molecule has 1 heterocycles. The summed E-state index contributed by atoms with van der Waals surface area (Å²) in [6, 6.07) is 7.97. The average molecular weight is 220 g/mol. The number of nitrogens with zero attached hydrogens (tertiary/aromatic N) is 1. The van der Waals surface area contributed by atoms with E-state index in [1.165, 1.54) is 10.5 Å². The van der Waals surface area contributed by atoms with Crippen molar-refractivity contribution < 1.29 is 4.52 Å². The summed E-state index contributed by atoms with van der Waals surface area (Å²) < 4.78 is 4.87. The lowest BCUT2D eigenvalue weighted by Crippen LogP contribution is -1.83. The summed E-state index contributed by atoms with van der Waals surface area (Å²) in [6.07, 6.45) is 2.04. The highest BCUT2D eigenvalue weighted by molar-refractivity contribution is 7.98. The predicted molar refractivity (Wildman–Crippen MR) is 62.9 cm³/mol. The molecule has 0 aliphatic heterocycles. The SMILES string of the molecule is CSc1cc(C)ccc1-c1cc(N)on1. The van der Waals surface area contributed by atoms with Gasteiger partial charge in [0.1, 0.15) is 5.69 Å². The van der Waals surface area contributed by atoms with Crippen LogP contribution in [0.5, 0.6) is 0 Å². The van der Waals surface area contributed by atoms with Gasteiger partial charge in [-0.2, -0.15) is 0 Å². The van der Waals surface area contributed by atoms with E-state index in [0.717, 1.165) is 11.3 Å². The van der Waals surface area contributed by atoms with E-state index in [4.69, 9.17) is 10.3 Å². The number of aromatic nitrogens is 1. The predicted octanol–water partition coefficient (Wildman–Crippen LogP) is 2.95. The average Bonchev–Trinajstić information content (AvgIpc) is 2.64. The maximum atomic E-state index is 5.50. The molecule has 3 nitrogen and oxygen atoms in total. The Morgan fingerprint density at radius 2 is 2.13 bits per heavy atom. The van der Waals surface area contributed by atoms with E-state index in [9.17, 15) is 0 Å². The lowest BCUT2D eigenvalue weighted by atomic mass is 10.1. The number of nitrogens with two attached hydrogens (primary N) is 1. The van der Waals surface area contributed by atoms with Crippen molar-refractivity contribution in [2.45, 2.75) is 11.8 Å². The fraction of sp³-hybridized carbons (Fsp3) is 0.182. The van der Waals surface area contributed by atoms with Crippen molar-refractivity contribution in [2.75, 3.05) is 12.0 Å². The number of hydrogen-bond donors (Lipinski definition) is 1. The Bertz CT molecular complexity index is 479. The molecule has 2 aromatic rings. The van der Waals surface area contributed by atoms with Gasteiger partial charge in [0.25, 0.3) is 0 Å². The number of thioether (sulfide) groups is 1. The highest BCUT2D eigenvalue weighted by Crippen LogP contribution is 2.30. The molecule has 0 amide bonds. The summed E-state index contributed by atoms with van der Waals surface area (Å²) in [6.45, 7) is 2.07. The molecule has 1 aromatic heterocycles. The van der Waals surface area contributed by atoms with Crippen LogP contribution in [0.25, 0.3) is 11.3 Å². The quantitative estimate of drug-likeness (QED) is 0.790. The van der Waals surface area contributed by atoms with Gasteiger partial charge in [-0.25, -0.2) is 0 Å². The minimum Gasteiger partial charge on any atom is -0.368 e. The highest BCUT2D eigenvalue weighted by Gasteiger charge is 2.08. The molecule has 0 aliphatic rings. The zero-order valence-electron chi connectivity index (χ0n) is 8.65. The Balaban J connectivity index is 2.52. The van der Waals surface area contributed by atoms with Crippen LogP contribution in [-0.2, 0) is 0 Å². The third-order valence-electron chi connectivity index (χ3n) is 2.16. The van der Waals surface area contributed by atoms with Gasteiger partial charge in [-0.05, 0) is 24.8 Å². The van der Waals surface area contributed by atoms with E-state index in [1.807, 2.05) is 12.3 Å². The van der Waals surface area contributed by atoms with Crippen LogP contribution >= 0.6 is 11.8 Å². The molecule has 78 valence electrons. The third kappa shape index (κ3) is 1.99. The minimum atomic E-state index is 0.345. The normalized spacial score (nSPS) is 10.5. The molecule has 0 atom stereocenters. The van der Waals surface area contributed by atoms with Crippen molar-refractivity contribution in [1.82, 2.24) is 5.16 Å². The van der Waals surface area contributed by atoms with E-state index >= 15 is 0 Å². The Labute approximate surface area is 92.6 Å². The summed E-state index contributed by atoms with van der Waals surface area (Å²) in [5, 5.41) is 3.91. The molecule has 15 heavy (non-hydrogen) atoms. The minimum absolute atomic E-state index is 0.345. The molecule has 2 N–H and O–H groups in total. The molecule has 0 bridgehead atoms. The molecule has 2 rings (SSSR count). The maximum Gasteiger partial charge on any atom is 0.222 e. The number of rotatable bonds is 2. The molecular weight excluding hydrogens is 208 g/mol. The van der Waals surface area contributed by atoms with Crippen molar-refractivity contribution in [3.05, 3.63) is 29.8 Å². The molecular formula is C11H12N2OS. The van der Waals surface area contributed by atoms with Gasteiger partial charge in [-0.15, -0.1) is 11.8 Å². The van der Waals surface area contributed by atoms with E-state index in [1.54, 1.807) is 17.8 Å². The van der Waals surface area contributed by atoms with Crippen molar-refractivity contribution in [3.63, 3.8) is 0 Å². The fourth-order valence-corrected chi connectivity index (χ4v) is 2.12. The lowest BCUT2D eigenvalue weighted by Gasteiger charge is -2.04. The molecule has 0 saturated heterocycles. The molecule has 0 aliphatic carbocycles. The third-order valence-corrected chi connectivity index (χ3v) is 2.94. The topological polar surface area (TPSA) is 52.0 Å². The standard InChI is InChI=1S/C11H12N2OS/c1-7-3-4-8(10(5-7)15-2)9-6-11(12)14-13-9/h3-6H,12H2,1-2H3. The van der Waals surface area contributed by atoms with Crippen LogP contribution < -0.4 is 5.73 Å². The van der Waals surface area contributed by atoms with Crippen LogP contribution in [0.3, 0.4) is 0 Å². The van der Waals surface area contributed by atoms with Gasteiger partial charge < -0.3 is 10.3 Å². The first kappa shape index (κ1) is 10.1. The summed E-state index contributed by atoms with van der Waals surface area (Å²) in [5.74, 6) is 0.345. The molecule has 0 radical (unpaired) electrons. The lowest BCUT2D eigenvalue weighted by molar-refractivity contribution is 0.439. The molecule has 0 spiro atoms. The number of nitrogen functional groups attached to an aromatic ring is 1. The van der Waals surface area contributed by atoms with Gasteiger partial charge in [-0.3, -0.25) is 0 Å². The number of anilines is 1. The zero-order chi connectivity index (χ0) is 10.8. The van der Waals surface area contributed by atoms with Crippen LogP contribution in [0.1, 0.15) is 5.56 Å². The largest absolute Gasteiger partial charge is 0.368 e. The van der Waals surface area contributed by atoms with Gasteiger partial charge in [0.15, 0.2) is 0 Å². The molecule has 1 aromatic carbocycles. The second-order valence-corrected chi connectivity index (χ2v) is 4.17. The van der Waals surface area contributed by atoms with E-state index in [0.29, 0.717) is 5.88 Å². The van der Waals surface area contributed by atoms with Crippen molar-refractivity contribution in [2.24, 2.45) is 0 Å². The second-order valence-electron chi connectivity index (χ2n) is 3.32. The smallest absolute Gasteiger partial charge is 0.222 e. The van der Waals surface area contributed by atoms with Crippen LogP contribution in [0.15, 0.2) is 33.7 Å². The summed E-state index contributed by atoms with van der Waals surface area (Å²) in [4.78, 5) is 1.18. The Kier molecular flexibility index (Phi) is 2.68. The molecule has 4 heteroatoms. The van der Waals surface area contributed by atoms with Gasteiger partial charge in [-0.1, -0.05) is 17.3 Å². The summed E-state index contributed by atoms with van der Waals surface area (Å²) in [7, 11) is 0. The van der Waals surface area contributed by atoms with Crippen LogP contribution in [0, 0.1) is 6.92 Å². The Morgan fingerprint density at radius 3 is 2.73 bits per heavy atom. The van der Waals surface area contributed by atoms with Crippen molar-refractivity contribution in [1.29, 1.82) is 0 Å². The number of hydrogen-bond acceptors (Lipinski definition) is 4. The highest BCUT2D eigenvalue weighted by atomic mass is 32.2. The molecule has 0 fully saturated rings. The van der Waals surface area contributed by atoms with Gasteiger partial charge >= 0.3 is 0 Å². The van der Waals surface area contributed by atoms with Crippen molar-refractivity contribution >= 4 is 17.6 Å². The Morgan fingerprint density at radius 1 is 1.33 bits per heavy atom. The summed E-state index contributed by atoms with van der Waals surface area (Å²) >= 11 is 1.69. The Hall–Kier alpha value is -1.42. The first-order chi connectivity index (χ1) is 7.20. The summed E-state index contributed by atoms with van der Waals surface area (Å²) in [5.41, 5.74) is 8.59. The number of benzene rings is 1. The first-order valence-corrected chi connectivity index (χ1v) is 5.80. The van der Waals surface area contributed by atoms with Gasteiger partial charge in [0, 0.05) is 16.5 Å². The molecule has 0 unspecified atom stereocenters. The maximum absolute atomic E-state index is 5.50. The van der Waals surface area contributed by atoms with E-state index in [-0.39, 0.29) is 0 Å². The number of aryl methyl sites for hydroxylation is 1. The van der Waals surface area contributed by atoms with Crippen molar-refractivity contribution in [3.8, 4) is 11.3 Å². The van der Waals surface area contributed by atoms with Crippen LogP contribution in [0.4, 0.5) is 5.88 Å². The monoisotopic (exact) mass is 220 g/mol. The fourth-order valence-electron chi connectivity index (χ4n) is 1.43. The van der Waals surface area contributed by atoms with Crippen LogP contribution in [-0.4, -0.2) is 11.4 Å². The zero-order valence-corrected chi connectivity index (χ0v) is 9.47. The first-order valence-electron chi connectivity index (χ1n) is 4.58. The van der Waals surface area contributed by atoms with E-state index in [2.05, 4.69) is 24.2 Å². The van der Waals surface area contributed by atoms with Gasteiger partial charge in [0.2, 0.25) is 5.88 Å². The van der Waals surface area contributed by atoms with Crippen LogP contribution in [0.2, 0.25) is 0 Å².